The topological polar surface area (TPSA) is 73.1 Å². The van der Waals surface area contributed by atoms with E-state index in [0.717, 1.165) is 5.56 Å². The molecule has 2 N–H and O–H groups in total. The molecule has 4 nitrogen and oxygen atoms in total. The molecule has 0 saturated carbocycles. The first kappa shape index (κ1) is 16.4. The van der Waals surface area contributed by atoms with Crippen molar-refractivity contribution in [3.05, 3.63) is 57.9 Å². The van der Waals surface area contributed by atoms with Gasteiger partial charge in [0.25, 0.3) is 0 Å². The fourth-order valence-electron chi connectivity index (χ4n) is 2.04. The number of hydrogen-bond acceptors (Lipinski definition) is 4. The van der Waals surface area contributed by atoms with E-state index in [4.69, 9.17) is 28.3 Å². The molecule has 3 aromatic rings. The van der Waals surface area contributed by atoms with Gasteiger partial charge in [0, 0.05) is 16.5 Å². The predicted octanol–water partition coefficient (Wildman–Crippen LogP) is 4.43. The highest BCUT2D eigenvalue weighted by Gasteiger charge is 2.14. The first-order chi connectivity index (χ1) is 10.9. The predicted molar refractivity (Wildman–Crippen MR) is 94.4 cm³/mol. The molecule has 0 aliphatic carbocycles. The molecule has 3 rings (SSSR count). The number of primary sulfonamides is 1. The molecule has 118 valence electrons. The van der Waals surface area contributed by atoms with Gasteiger partial charge in [0.15, 0.2) is 0 Å². The van der Waals surface area contributed by atoms with E-state index in [9.17, 15) is 8.42 Å². The summed E-state index contributed by atoms with van der Waals surface area (Å²) in [4.78, 5) is 4.59. The molecule has 0 saturated heterocycles. The highest BCUT2D eigenvalue weighted by molar-refractivity contribution is 7.89. The lowest BCUT2D eigenvalue weighted by Gasteiger charge is -2.03. The van der Waals surface area contributed by atoms with E-state index in [2.05, 4.69) is 4.98 Å². The van der Waals surface area contributed by atoms with Crippen molar-refractivity contribution in [2.45, 2.75) is 4.90 Å². The molecule has 1 aromatic heterocycles. The minimum Gasteiger partial charge on any atom is -0.236 e. The quantitative estimate of drug-likeness (QED) is 0.725. The van der Waals surface area contributed by atoms with E-state index in [1.54, 1.807) is 30.3 Å². The molecule has 0 radical (unpaired) electrons. The van der Waals surface area contributed by atoms with E-state index >= 15 is 0 Å². The average molecular weight is 385 g/mol. The Balaban J connectivity index is 2.00. The smallest absolute Gasteiger partial charge is 0.236 e. The molecule has 0 amide bonds. The minimum atomic E-state index is -3.70. The third-order valence-electron chi connectivity index (χ3n) is 3.16. The van der Waals surface area contributed by atoms with Crippen molar-refractivity contribution in [1.29, 1.82) is 0 Å². The Morgan fingerprint density at radius 2 is 1.61 bits per heavy atom. The van der Waals surface area contributed by atoms with Crippen LogP contribution in [0.25, 0.3) is 21.8 Å². The number of aromatic nitrogens is 1. The molecular formula is C15H10Cl2N2O2S2. The Hall–Kier alpha value is -1.44. The Morgan fingerprint density at radius 1 is 1.00 bits per heavy atom. The summed E-state index contributed by atoms with van der Waals surface area (Å²) in [6, 6.07) is 11.5. The van der Waals surface area contributed by atoms with Crippen molar-refractivity contribution in [1.82, 2.24) is 4.98 Å². The lowest BCUT2D eigenvalue weighted by Crippen LogP contribution is -2.11. The molecule has 0 fully saturated rings. The standard InChI is InChI=1S/C15H10Cl2N2O2S2/c16-11-2-1-3-12(17)14(11)15-19-13(8-22-15)9-4-6-10(7-5-9)23(18,20)21/h1-8H,(H2,18,20,21). The number of halogens is 2. The maximum Gasteiger partial charge on any atom is 0.238 e. The van der Waals surface area contributed by atoms with Gasteiger partial charge in [-0.3, -0.25) is 0 Å². The van der Waals surface area contributed by atoms with Gasteiger partial charge in [-0.1, -0.05) is 41.4 Å². The van der Waals surface area contributed by atoms with E-state index in [0.29, 0.717) is 26.3 Å². The second kappa shape index (κ2) is 6.22. The number of rotatable bonds is 3. The lowest BCUT2D eigenvalue weighted by atomic mass is 10.2. The summed E-state index contributed by atoms with van der Waals surface area (Å²) in [5.41, 5.74) is 2.18. The maximum absolute atomic E-state index is 11.3. The minimum absolute atomic E-state index is 0.0610. The molecule has 0 aliphatic rings. The first-order valence-corrected chi connectivity index (χ1v) is 9.57. The molecule has 0 atom stereocenters. The highest BCUT2D eigenvalue weighted by atomic mass is 35.5. The zero-order valence-electron chi connectivity index (χ0n) is 11.5. The number of sulfonamides is 1. The molecule has 0 aliphatic heterocycles. The Labute approximate surface area is 147 Å². The summed E-state index contributed by atoms with van der Waals surface area (Å²) >= 11 is 13.8. The van der Waals surface area contributed by atoms with Crippen LogP contribution in [0, 0.1) is 0 Å². The highest BCUT2D eigenvalue weighted by Crippen LogP contribution is 2.37. The summed E-state index contributed by atoms with van der Waals surface area (Å²) in [6.45, 7) is 0. The van der Waals surface area contributed by atoms with Crippen molar-refractivity contribution in [2.24, 2.45) is 5.14 Å². The van der Waals surface area contributed by atoms with Crippen LogP contribution in [0.4, 0.5) is 0 Å². The zero-order valence-corrected chi connectivity index (χ0v) is 14.7. The van der Waals surface area contributed by atoms with Crippen LogP contribution >= 0.6 is 34.5 Å². The van der Waals surface area contributed by atoms with E-state index in [-0.39, 0.29) is 4.90 Å². The Morgan fingerprint density at radius 3 is 2.17 bits per heavy atom. The van der Waals surface area contributed by atoms with Crippen LogP contribution in [-0.2, 0) is 10.0 Å². The summed E-state index contributed by atoms with van der Waals surface area (Å²) in [5.74, 6) is 0. The number of hydrogen-bond donors (Lipinski definition) is 1. The molecule has 2 aromatic carbocycles. The van der Waals surface area contributed by atoms with E-state index < -0.39 is 10.0 Å². The molecule has 23 heavy (non-hydrogen) atoms. The second-order valence-electron chi connectivity index (χ2n) is 4.70. The fraction of sp³-hybridized carbons (Fsp3) is 0. The van der Waals surface area contributed by atoms with Crippen LogP contribution in [0.3, 0.4) is 0 Å². The second-order valence-corrected chi connectivity index (χ2v) is 7.94. The van der Waals surface area contributed by atoms with Gasteiger partial charge in [-0.15, -0.1) is 11.3 Å². The van der Waals surface area contributed by atoms with Crippen molar-refractivity contribution >= 4 is 44.6 Å². The number of nitrogens with zero attached hydrogens (tertiary/aromatic N) is 1. The Bertz CT molecular complexity index is 947. The van der Waals surface area contributed by atoms with Gasteiger partial charge in [-0.2, -0.15) is 0 Å². The van der Waals surface area contributed by atoms with E-state index in [1.807, 2.05) is 5.38 Å². The molecule has 1 heterocycles. The molecule has 0 spiro atoms. The summed E-state index contributed by atoms with van der Waals surface area (Å²) in [6.07, 6.45) is 0. The summed E-state index contributed by atoms with van der Waals surface area (Å²) in [7, 11) is -3.70. The lowest BCUT2D eigenvalue weighted by molar-refractivity contribution is 0.598. The summed E-state index contributed by atoms with van der Waals surface area (Å²) < 4.78 is 22.6. The van der Waals surface area contributed by atoms with Crippen LogP contribution in [0.5, 0.6) is 0 Å². The molecule has 0 unspecified atom stereocenters. The number of benzene rings is 2. The van der Waals surface area contributed by atoms with Crippen LogP contribution in [0.1, 0.15) is 0 Å². The van der Waals surface area contributed by atoms with Crippen molar-refractivity contribution < 1.29 is 8.42 Å². The fourth-order valence-corrected chi connectivity index (χ4v) is 4.14. The maximum atomic E-state index is 11.3. The van der Waals surface area contributed by atoms with Crippen molar-refractivity contribution in [3.63, 3.8) is 0 Å². The van der Waals surface area contributed by atoms with Gasteiger partial charge in [-0.05, 0) is 24.3 Å². The van der Waals surface area contributed by atoms with Crippen molar-refractivity contribution in [2.75, 3.05) is 0 Å². The van der Waals surface area contributed by atoms with Gasteiger partial charge in [0.2, 0.25) is 10.0 Å². The average Bonchev–Trinajstić information content (AvgIpc) is 2.96. The largest absolute Gasteiger partial charge is 0.238 e. The number of thiazole rings is 1. The third kappa shape index (κ3) is 3.41. The first-order valence-electron chi connectivity index (χ1n) is 6.39. The van der Waals surface area contributed by atoms with Gasteiger partial charge < -0.3 is 0 Å². The van der Waals surface area contributed by atoms with Gasteiger partial charge >= 0.3 is 0 Å². The van der Waals surface area contributed by atoms with Crippen LogP contribution in [0.15, 0.2) is 52.7 Å². The molecular weight excluding hydrogens is 375 g/mol. The van der Waals surface area contributed by atoms with Crippen LogP contribution in [0.2, 0.25) is 10.0 Å². The monoisotopic (exact) mass is 384 g/mol. The van der Waals surface area contributed by atoms with Crippen LogP contribution < -0.4 is 5.14 Å². The van der Waals surface area contributed by atoms with Gasteiger partial charge in [0.05, 0.1) is 20.6 Å². The summed E-state index contributed by atoms with van der Waals surface area (Å²) in [5, 5.41) is 8.71. The molecule has 8 heteroatoms. The normalized spacial score (nSPS) is 11.6. The Kier molecular flexibility index (Phi) is 4.44. The zero-order chi connectivity index (χ0) is 16.6. The SMILES string of the molecule is NS(=O)(=O)c1ccc(-c2csc(-c3c(Cl)cccc3Cl)n2)cc1. The van der Waals surface area contributed by atoms with Crippen molar-refractivity contribution in [3.8, 4) is 21.8 Å². The third-order valence-corrected chi connectivity index (χ3v) is 5.58. The van der Waals surface area contributed by atoms with Gasteiger partial charge in [0.1, 0.15) is 5.01 Å². The van der Waals surface area contributed by atoms with E-state index in [1.165, 1.54) is 23.5 Å². The molecule has 0 bridgehead atoms. The number of nitrogens with two attached hydrogens (primary N) is 1. The van der Waals surface area contributed by atoms with Crippen LogP contribution in [-0.4, -0.2) is 13.4 Å². The van der Waals surface area contributed by atoms with Gasteiger partial charge in [-0.25, -0.2) is 18.5 Å².